The zero-order chi connectivity index (χ0) is 25.5. The van der Waals surface area contributed by atoms with Gasteiger partial charge in [0.25, 0.3) is 0 Å². The van der Waals surface area contributed by atoms with Gasteiger partial charge in [0.15, 0.2) is 11.6 Å². The summed E-state index contributed by atoms with van der Waals surface area (Å²) in [6, 6.07) is 11.5. The van der Waals surface area contributed by atoms with Crippen LogP contribution in [0.15, 0.2) is 78.2 Å². The van der Waals surface area contributed by atoms with Crippen molar-refractivity contribution in [3.63, 3.8) is 0 Å². The van der Waals surface area contributed by atoms with E-state index in [0.717, 1.165) is 53.6 Å². The molecule has 0 amide bonds. The highest BCUT2D eigenvalue weighted by Crippen LogP contribution is 2.17. The van der Waals surface area contributed by atoms with E-state index < -0.39 is 0 Å². The zero-order valence-corrected chi connectivity index (χ0v) is 22.4. The summed E-state index contributed by atoms with van der Waals surface area (Å²) >= 11 is 3.27. The first kappa shape index (κ1) is 26.7. The maximum atomic E-state index is 4.50. The molecule has 9 nitrogen and oxygen atoms in total. The minimum absolute atomic E-state index is 0.697. The first-order valence-corrected chi connectivity index (χ1v) is 13.4. The van der Waals surface area contributed by atoms with Gasteiger partial charge >= 0.3 is 0 Å². The molecule has 6 rings (SSSR count). The molecule has 2 aliphatic heterocycles. The number of piperidine rings is 1. The molecule has 6 heterocycles. The zero-order valence-electron chi connectivity index (χ0n) is 20.8. The van der Waals surface area contributed by atoms with E-state index in [-0.39, 0.29) is 0 Å². The number of rotatable bonds is 3. The van der Waals surface area contributed by atoms with Gasteiger partial charge in [-0.2, -0.15) is 0 Å². The number of anilines is 1. The second-order valence-corrected chi connectivity index (χ2v) is 9.28. The van der Waals surface area contributed by atoms with Crippen molar-refractivity contribution in [1.29, 1.82) is 0 Å². The molecule has 0 unspecified atom stereocenters. The number of piperazine rings is 1. The van der Waals surface area contributed by atoms with Crippen molar-refractivity contribution in [1.82, 2.24) is 40.5 Å². The molecule has 2 fully saturated rings. The monoisotopic (exact) mass is 561 g/mol. The molecule has 0 aliphatic carbocycles. The van der Waals surface area contributed by atoms with Crippen LogP contribution in [-0.2, 0) is 0 Å². The van der Waals surface area contributed by atoms with Gasteiger partial charge < -0.3 is 15.5 Å². The van der Waals surface area contributed by atoms with Crippen molar-refractivity contribution < 1.29 is 0 Å². The van der Waals surface area contributed by atoms with Crippen LogP contribution in [0, 0.1) is 0 Å². The molecule has 0 spiro atoms. The van der Waals surface area contributed by atoms with Crippen LogP contribution in [0.2, 0.25) is 0 Å². The first-order chi connectivity index (χ1) is 18.3. The van der Waals surface area contributed by atoms with Crippen molar-refractivity contribution >= 4 is 21.7 Å². The van der Waals surface area contributed by atoms with Crippen LogP contribution in [0.4, 0.5) is 5.82 Å². The number of nitrogens with one attached hydrogen (secondary N) is 2. The lowest BCUT2D eigenvalue weighted by Crippen LogP contribution is -2.43. The third-order valence-corrected chi connectivity index (χ3v) is 6.24. The van der Waals surface area contributed by atoms with E-state index in [9.17, 15) is 0 Å². The second kappa shape index (κ2) is 15.0. The molecule has 37 heavy (non-hydrogen) atoms. The summed E-state index contributed by atoms with van der Waals surface area (Å²) in [4.78, 5) is 27.5. The Kier molecular flexibility index (Phi) is 10.9. The summed E-state index contributed by atoms with van der Waals surface area (Å²) in [6.07, 6.45) is 14.7. The summed E-state index contributed by atoms with van der Waals surface area (Å²) in [5.74, 6) is 2.44. The van der Waals surface area contributed by atoms with Gasteiger partial charge in [-0.1, -0.05) is 6.42 Å². The minimum atomic E-state index is 0.697. The van der Waals surface area contributed by atoms with E-state index in [1.54, 1.807) is 37.1 Å². The van der Waals surface area contributed by atoms with Gasteiger partial charge in [-0.3, -0.25) is 0 Å². The molecule has 0 atom stereocenters. The summed E-state index contributed by atoms with van der Waals surface area (Å²) in [6.45, 7) is 6.55. The Bertz CT molecular complexity index is 1140. The predicted octanol–water partition coefficient (Wildman–Crippen LogP) is 4.01. The maximum Gasteiger partial charge on any atom is 0.160 e. The Morgan fingerprint density at radius 3 is 1.57 bits per heavy atom. The van der Waals surface area contributed by atoms with E-state index in [1.165, 1.54) is 32.4 Å². The Morgan fingerprint density at radius 1 is 0.595 bits per heavy atom. The molecule has 0 aromatic carbocycles. The topological polar surface area (TPSA) is 105 Å². The molecule has 2 saturated heterocycles. The maximum absolute atomic E-state index is 4.50. The SMILES string of the molecule is Brc1ccc(-c2ncccn2)cn1.C1CCNCC1.c1cnc(-c2ccc(N3CCNCC3)nc2)nc1. The van der Waals surface area contributed by atoms with Crippen molar-refractivity contribution in [2.24, 2.45) is 0 Å². The van der Waals surface area contributed by atoms with Gasteiger partial charge in [0.1, 0.15) is 10.4 Å². The highest BCUT2D eigenvalue weighted by Gasteiger charge is 2.11. The van der Waals surface area contributed by atoms with Gasteiger partial charge in [0.05, 0.1) is 0 Å². The lowest BCUT2D eigenvalue weighted by molar-refractivity contribution is 0.520. The summed E-state index contributed by atoms with van der Waals surface area (Å²) < 4.78 is 0.812. The molecule has 2 aliphatic rings. The average Bonchev–Trinajstić information content (AvgIpc) is 3.01. The molecule has 0 saturated carbocycles. The first-order valence-electron chi connectivity index (χ1n) is 12.6. The number of aromatic nitrogens is 6. The van der Waals surface area contributed by atoms with E-state index >= 15 is 0 Å². The average molecular weight is 563 g/mol. The number of nitrogens with zero attached hydrogens (tertiary/aromatic N) is 7. The predicted molar refractivity (Wildman–Crippen MR) is 150 cm³/mol. The van der Waals surface area contributed by atoms with Crippen molar-refractivity contribution in [2.75, 3.05) is 44.2 Å². The van der Waals surface area contributed by atoms with Gasteiger partial charge in [0.2, 0.25) is 0 Å². The van der Waals surface area contributed by atoms with Crippen LogP contribution in [-0.4, -0.2) is 69.2 Å². The number of hydrogen-bond donors (Lipinski definition) is 2. The lowest BCUT2D eigenvalue weighted by Gasteiger charge is -2.28. The lowest BCUT2D eigenvalue weighted by atomic mass is 10.2. The van der Waals surface area contributed by atoms with Crippen LogP contribution in [0.1, 0.15) is 19.3 Å². The van der Waals surface area contributed by atoms with Gasteiger partial charge in [-0.05, 0) is 78.3 Å². The molecular formula is C27H32BrN9. The van der Waals surface area contributed by atoms with Crippen LogP contribution >= 0.6 is 15.9 Å². The highest BCUT2D eigenvalue weighted by molar-refractivity contribution is 9.10. The third kappa shape index (κ3) is 8.92. The smallest absolute Gasteiger partial charge is 0.160 e. The summed E-state index contributed by atoms with van der Waals surface area (Å²) in [5.41, 5.74) is 1.87. The van der Waals surface area contributed by atoms with Crippen LogP contribution in [0.3, 0.4) is 0 Å². The molecular weight excluding hydrogens is 530 g/mol. The van der Waals surface area contributed by atoms with Crippen LogP contribution in [0.5, 0.6) is 0 Å². The number of hydrogen-bond acceptors (Lipinski definition) is 9. The number of pyridine rings is 2. The second-order valence-electron chi connectivity index (χ2n) is 8.47. The third-order valence-electron chi connectivity index (χ3n) is 5.77. The largest absolute Gasteiger partial charge is 0.354 e. The molecule has 2 N–H and O–H groups in total. The van der Waals surface area contributed by atoms with E-state index in [4.69, 9.17) is 0 Å². The molecule has 10 heteroatoms. The Labute approximate surface area is 226 Å². The number of halogens is 1. The highest BCUT2D eigenvalue weighted by atomic mass is 79.9. The van der Waals surface area contributed by atoms with Crippen LogP contribution < -0.4 is 15.5 Å². The fraction of sp³-hybridized carbons (Fsp3) is 0.333. The Hall–Kier alpha value is -3.34. The van der Waals surface area contributed by atoms with Crippen LogP contribution in [0.25, 0.3) is 22.8 Å². The van der Waals surface area contributed by atoms with Gasteiger partial charge in [-0.15, -0.1) is 0 Å². The van der Waals surface area contributed by atoms with E-state index in [2.05, 4.69) is 61.4 Å². The van der Waals surface area contributed by atoms with Crippen molar-refractivity contribution in [3.8, 4) is 22.8 Å². The molecule has 0 bridgehead atoms. The quantitative estimate of drug-likeness (QED) is 0.359. The van der Waals surface area contributed by atoms with Crippen molar-refractivity contribution in [3.05, 3.63) is 78.2 Å². The van der Waals surface area contributed by atoms with Gasteiger partial charge in [0, 0.05) is 74.5 Å². The Balaban J connectivity index is 0.000000146. The standard InChI is InChI=1S/C13H15N5.C9H6BrN3.C5H11N/c1-4-15-13(16-5-1)11-2-3-12(17-10-11)18-8-6-14-7-9-18;10-8-3-2-7(6-13-8)9-11-4-1-5-12-9;1-2-4-6-5-3-1/h1-5,10,14H,6-9H2;1-6H;6H,1-5H2. The Morgan fingerprint density at radius 2 is 1.14 bits per heavy atom. The minimum Gasteiger partial charge on any atom is -0.354 e. The van der Waals surface area contributed by atoms with E-state index in [0.29, 0.717) is 5.82 Å². The van der Waals surface area contributed by atoms with E-state index in [1.807, 2.05) is 36.5 Å². The summed E-state index contributed by atoms with van der Waals surface area (Å²) in [5, 5.41) is 6.62. The van der Waals surface area contributed by atoms with Crippen molar-refractivity contribution in [2.45, 2.75) is 19.3 Å². The van der Waals surface area contributed by atoms with Gasteiger partial charge in [-0.25, -0.2) is 29.9 Å². The fourth-order valence-corrected chi connectivity index (χ4v) is 4.04. The molecule has 4 aromatic rings. The fourth-order valence-electron chi connectivity index (χ4n) is 3.81. The molecule has 0 radical (unpaired) electrons. The molecule has 192 valence electrons. The molecule has 4 aromatic heterocycles. The normalized spacial score (nSPS) is 15.0. The summed E-state index contributed by atoms with van der Waals surface area (Å²) in [7, 11) is 0.